The lowest BCUT2D eigenvalue weighted by Gasteiger charge is -2.22. The van der Waals surface area contributed by atoms with E-state index in [2.05, 4.69) is 33.7 Å². The summed E-state index contributed by atoms with van der Waals surface area (Å²) < 4.78 is 5.58. The number of carbonyl (C=O) groups is 1. The third-order valence-corrected chi connectivity index (χ3v) is 3.93. The molecule has 1 N–H and O–H groups in total. The van der Waals surface area contributed by atoms with Gasteiger partial charge in [0.1, 0.15) is 0 Å². The molecular weight excluding hydrogens is 332 g/mol. The van der Waals surface area contributed by atoms with Crippen LogP contribution in [0.15, 0.2) is 30.6 Å². The molecule has 2 heterocycles. The summed E-state index contributed by atoms with van der Waals surface area (Å²) in [5.41, 5.74) is 1.10. The van der Waals surface area contributed by atoms with Crippen LogP contribution in [-0.4, -0.2) is 45.7 Å². The van der Waals surface area contributed by atoms with E-state index in [0.29, 0.717) is 12.5 Å². The molecule has 0 aliphatic rings. The van der Waals surface area contributed by atoms with E-state index >= 15 is 0 Å². The van der Waals surface area contributed by atoms with Gasteiger partial charge in [-0.1, -0.05) is 26.3 Å². The fraction of sp³-hybridized carbons (Fsp3) is 0.474. The molecule has 0 saturated heterocycles. The molecule has 0 aromatic carbocycles. The Morgan fingerprint density at radius 1 is 1.15 bits per heavy atom. The van der Waals surface area contributed by atoms with Crippen LogP contribution in [0, 0.1) is 0 Å². The summed E-state index contributed by atoms with van der Waals surface area (Å²) in [6, 6.07) is 4.73. The van der Waals surface area contributed by atoms with Crippen molar-refractivity contribution in [1.29, 1.82) is 0 Å². The van der Waals surface area contributed by atoms with E-state index in [4.69, 9.17) is 9.84 Å². The highest BCUT2D eigenvalue weighted by Crippen LogP contribution is 2.11. The number of carboxylic acids is 1. The summed E-state index contributed by atoms with van der Waals surface area (Å²) in [6.45, 7) is 6.35. The van der Waals surface area contributed by atoms with E-state index < -0.39 is 5.97 Å². The highest BCUT2D eigenvalue weighted by molar-refractivity contribution is 5.85. The second kappa shape index (κ2) is 10.3. The van der Waals surface area contributed by atoms with Crippen LogP contribution < -0.4 is 9.64 Å². The van der Waals surface area contributed by atoms with Gasteiger partial charge in [-0.25, -0.2) is 19.7 Å². The van der Waals surface area contributed by atoms with Crippen LogP contribution in [-0.2, 0) is 6.42 Å². The molecule has 2 rings (SSSR count). The van der Waals surface area contributed by atoms with Crippen LogP contribution >= 0.6 is 0 Å². The van der Waals surface area contributed by atoms with Crippen molar-refractivity contribution in [3.8, 4) is 5.88 Å². The number of aryl methyl sites for hydroxylation is 1. The average Bonchev–Trinajstić information content (AvgIpc) is 2.68. The molecule has 0 aliphatic carbocycles. The van der Waals surface area contributed by atoms with Gasteiger partial charge in [0, 0.05) is 31.5 Å². The summed E-state index contributed by atoms with van der Waals surface area (Å²) in [6.07, 6.45) is 7.61. The molecule has 7 heteroatoms. The Bertz CT molecular complexity index is 691. The highest BCUT2D eigenvalue weighted by atomic mass is 16.5. The molecule has 2 aromatic rings. The van der Waals surface area contributed by atoms with Gasteiger partial charge < -0.3 is 14.7 Å². The molecule has 7 nitrogen and oxygen atoms in total. The van der Waals surface area contributed by atoms with Gasteiger partial charge in [-0.3, -0.25) is 0 Å². The van der Waals surface area contributed by atoms with E-state index in [1.807, 2.05) is 12.4 Å². The predicted molar refractivity (Wildman–Crippen MR) is 99.8 cm³/mol. The molecule has 0 spiro atoms. The maximum absolute atomic E-state index is 10.9. The van der Waals surface area contributed by atoms with Crippen LogP contribution in [0.3, 0.4) is 0 Å². The Labute approximate surface area is 154 Å². The molecular formula is C19H26N4O3. The van der Waals surface area contributed by atoms with Gasteiger partial charge in [0.25, 0.3) is 0 Å². The van der Waals surface area contributed by atoms with Gasteiger partial charge in [-0.2, -0.15) is 0 Å². The molecule has 2 aromatic heterocycles. The average molecular weight is 358 g/mol. The SMILES string of the molecule is CCCCN(CCCOc1cccc(C(=O)O)n1)c1ncc(CC)cn1. The second-order valence-electron chi connectivity index (χ2n) is 5.95. The number of unbranched alkanes of at least 4 members (excludes halogenated alkanes) is 1. The molecule has 0 aliphatic heterocycles. The first-order valence-corrected chi connectivity index (χ1v) is 9.03. The normalized spacial score (nSPS) is 10.5. The van der Waals surface area contributed by atoms with Gasteiger partial charge in [0.05, 0.1) is 6.61 Å². The van der Waals surface area contributed by atoms with Gasteiger partial charge in [-0.05, 0) is 30.9 Å². The zero-order chi connectivity index (χ0) is 18.8. The lowest BCUT2D eigenvalue weighted by Crippen LogP contribution is -2.28. The van der Waals surface area contributed by atoms with Crippen LogP contribution in [0.4, 0.5) is 5.95 Å². The summed E-state index contributed by atoms with van der Waals surface area (Å²) in [7, 11) is 0. The number of carboxylic acid groups (broad SMARTS) is 1. The van der Waals surface area contributed by atoms with Crippen molar-refractivity contribution >= 4 is 11.9 Å². The maximum Gasteiger partial charge on any atom is 0.354 e. The molecule has 0 radical (unpaired) electrons. The molecule has 0 atom stereocenters. The van der Waals surface area contributed by atoms with Crippen LogP contribution in [0.2, 0.25) is 0 Å². The Kier molecular flexibility index (Phi) is 7.79. The monoisotopic (exact) mass is 358 g/mol. The van der Waals surface area contributed by atoms with Crippen molar-refractivity contribution in [3.63, 3.8) is 0 Å². The summed E-state index contributed by atoms with van der Waals surface area (Å²) in [5, 5.41) is 8.96. The maximum atomic E-state index is 10.9. The summed E-state index contributed by atoms with van der Waals surface area (Å²) >= 11 is 0. The van der Waals surface area contributed by atoms with Crippen molar-refractivity contribution in [2.45, 2.75) is 39.5 Å². The van der Waals surface area contributed by atoms with Gasteiger partial charge >= 0.3 is 5.97 Å². The topological polar surface area (TPSA) is 88.4 Å². The Morgan fingerprint density at radius 2 is 1.88 bits per heavy atom. The van der Waals surface area contributed by atoms with E-state index in [-0.39, 0.29) is 5.69 Å². The largest absolute Gasteiger partial charge is 0.478 e. The molecule has 140 valence electrons. The number of hydrogen-bond acceptors (Lipinski definition) is 6. The molecule has 0 unspecified atom stereocenters. The van der Waals surface area contributed by atoms with Crippen LogP contribution in [0.1, 0.15) is 49.2 Å². The Balaban J connectivity index is 1.88. The minimum atomic E-state index is -1.06. The Hall–Kier alpha value is -2.70. The number of ether oxygens (including phenoxy) is 1. The first-order chi connectivity index (χ1) is 12.6. The predicted octanol–water partition coefficient (Wildman–Crippen LogP) is 3.21. The number of nitrogens with zero attached hydrogens (tertiary/aromatic N) is 4. The van der Waals surface area contributed by atoms with Gasteiger partial charge in [0.15, 0.2) is 5.69 Å². The number of aromatic nitrogens is 3. The van der Waals surface area contributed by atoms with Crippen LogP contribution in [0.25, 0.3) is 0 Å². The molecule has 0 bridgehead atoms. The van der Waals surface area contributed by atoms with Crippen molar-refractivity contribution in [2.24, 2.45) is 0 Å². The lowest BCUT2D eigenvalue weighted by molar-refractivity contribution is 0.0689. The van der Waals surface area contributed by atoms with Gasteiger partial charge in [0.2, 0.25) is 11.8 Å². The fourth-order valence-electron chi connectivity index (χ4n) is 2.40. The number of aromatic carboxylic acids is 1. The van der Waals surface area contributed by atoms with Crippen molar-refractivity contribution in [1.82, 2.24) is 15.0 Å². The van der Waals surface area contributed by atoms with Crippen LogP contribution in [0.5, 0.6) is 5.88 Å². The third kappa shape index (κ3) is 5.98. The zero-order valence-corrected chi connectivity index (χ0v) is 15.4. The van der Waals surface area contributed by atoms with E-state index in [0.717, 1.165) is 50.3 Å². The standard InChI is InChI=1S/C19H26N4O3/c1-3-5-10-23(19-20-13-15(4-2)14-21-19)11-7-12-26-17-9-6-8-16(22-17)18(24)25/h6,8-9,13-14H,3-5,7,10-12H2,1-2H3,(H,24,25). The minimum Gasteiger partial charge on any atom is -0.478 e. The van der Waals surface area contributed by atoms with E-state index in [9.17, 15) is 4.79 Å². The summed E-state index contributed by atoms with van der Waals surface area (Å²) in [5.74, 6) is 0.00377. The highest BCUT2D eigenvalue weighted by Gasteiger charge is 2.10. The number of rotatable bonds is 11. The number of hydrogen-bond donors (Lipinski definition) is 1. The molecule has 0 amide bonds. The van der Waals surface area contributed by atoms with E-state index in [1.54, 1.807) is 12.1 Å². The number of pyridine rings is 1. The smallest absolute Gasteiger partial charge is 0.354 e. The molecule has 26 heavy (non-hydrogen) atoms. The Morgan fingerprint density at radius 3 is 2.54 bits per heavy atom. The quantitative estimate of drug-likeness (QED) is 0.617. The van der Waals surface area contributed by atoms with Crippen molar-refractivity contribution in [2.75, 3.05) is 24.6 Å². The minimum absolute atomic E-state index is 0.0171. The van der Waals surface area contributed by atoms with E-state index in [1.165, 1.54) is 6.07 Å². The molecule has 0 fully saturated rings. The third-order valence-electron chi connectivity index (χ3n) is 3.93. The van der Waals surface area contributed by atoms with Gasteiger partial charge in [-0.15, -0.1) is 0 Å². The second-order valence-corrected chi connectivity index (χ2v) is 5.95. The molecule has 0 saturated carbocycles. The summed E-state index contributed by atoms with van der Waals surface area (Å²) in [4.78, 5) is 26.0. The zero-order valence-electron chi connectivity index (χ0n) is 15.4. The number of anilines is 1. The first-order valence-electron chi connectivity index (χ1n) is 9.03. The van der Waals surface area contributed by atoms with Crippen molar-refractivity contribution < 1.29 is 14.6 Å². The first kappa shape index (κ1) is 19.6. The van der Waals surface area contributed by atoms with Crippen molar-refractivity contribution in [3.05, 3.63) is 41.9 Å². The lowest BCUT2D eigenvalue weighted by atomic mass is 10.3. The fourth-order valence-corrected chi connectivity index (χ4v) is 2.40.